The number of rotatable bonds is 3. The van der Waals surface area contributed by atoms with Crippen LogP contribution in [0.5, 0.6) is 5.75 Å². The molecule has 0 bridgehead atoms. The Morgan fingerprint density at radius 2 is 1.91 bits per heavy atom. The summed E-state index contributed by atoms with van der Waals surface area (Å²) < 4.78 is 5.82. The van der Waals surface area contributed by atoms with Crippen molar-refractivity contribution in [3.05, 3.63) is 42.9 Å². The molecule has 6 nitrogen and oxygen atoms in total. The van der Waals surface area contributed by atoms with Crippen molar-refractivity contribution in [1.82, 2.24) is 9.97 Å². The van der Waals surface area contributed by atoms with Crippen LogP contribution in [0.25, 0.3) is 11.3 Å². The first-order valence-corrected chi connectivity index (χ1v) is 7.89. The quantitative estimate of drug-likeness (QED) is 0.765. The van der Waals surface area contributed by atoms with E-state index in [1.54, 1.807) is 36.8 Å². The Balaban J connectivity index is 1.84. The second kappa shape index (κ2) is 6.62. The van der Waals surface area contributed by atoms with E-state index in [2.05, 4.69) is 9.97 Å². The van der Waals surface area contributed by atoms with E-state index in [1.807, 2.05) is 6.07 Å². The van der Waals surface area contributed by atoms with Gasteiger partial charge in [-0.1, -0.05) is 0 Å². The molecule has 1 fully saturated rings. The molecule has 3 heterocycles. The number of thioether (sulfide) groups is 1. The van der Waals surface area contributed by atoms with Crippen LogP contribution < -0.4 is 4.74 Å². The zero-order chi connectivity index (χ0) is 15.5. The van der Waals surface area contributed by atoms with Gasteiger partial charge >= 0.3 is 0 Å². The molecule has 4 atom stereocenters. The molecule has 0 spiro atoms. The van der Waals surface area contributed by atoms with Gasteiger partial charge in [-0.25, -0.2) is 0 Å². The number of aromatic nitrogens is 2. The molecule has 2 aromatic rings. The van der Waals surface area contributed by atoms with Crippen molar-refractivity contribution in [1.29, 1.82) is 0 Å². The second-order valence-electron chi connectivity index (χ2n) is 4.96. The third-order valence-electron chi connectivity index (χ3n) is 3.40. The van der Waals surface area contributed by atoms with Crippen molar-refractivity contribution in [2.45, 2.75) is 23.7 Å². The Kier molecular flexibility index (Phi) is 4.58. The summed E-state index contributed by atoms with van der Waals surface area (Å²) in [6, 6.07) is 7.16. The molecule has 2 aromatic heterocycles. The first kappa shape index (κ1) is 15.2. The van der Waals surface area contributed by atoms with Gasteiger partial charge < -0.3 is 20.1 Å². The highest BCUT2D eigenvalue weighted by atomic mass is 32.2. The molecule has 3 rings (SSSR count). The van der Waals surface area contributed by atoms with Gasteiger partial charge in [-0.15, -0.1) is 11.8 Å². The minimum Gasteiger partial charge on any atom is -0.475 e. The van der Waals surface area contributed by atoms with Crippen molar-refractivity contribution in [2.24, 2.45) is 0 Å². The molecule has 3 N–H and O–H groups in total. The van der Waals surface area contributed by atoms with Gasteiger partial charge in [0.1, 0.15) is 23.7 Å². The van der Waals surface area contributed by atoms with Crippen LogP contribution in [0.1, 0.15) is 0 Å². The van der Waals surface area contributed by atoms with Gasteiger partial charge in [0.05, 0.1) is 6.10 Å². The van der Waals surface area contributed by atoms with E-state index >= 15 is 0 Å². The van der Waals surface area contributed by atoms with Crippen LogP contribution in [-0.2, 0) is 0 Å². The first-order valence-electron chi connectivity index (χ1n) is 6.84. The molecule has 0 aliphatic carbocycles. The molecule has 1 saturated heterocycles. The fourth-order valence-corrected chi connectivity index (χ4v) is 3.33. The number of hydrogen-bond acceptors (Lipinski definition) is 7. The molecule has 0 saturated carbocycles. The van der Waals surface area contributed by atoms with Gasteiger partial charge in [-0.3, -0.25) is 9.97 Å². The highest BCUT2D eigenvalue weighted by Gasteiger charge is 2.38. The SMILES string of the molecule is O[C@@H]1[C@@H](O)[C@H](Oc2cccnc2-c2cccnc2)SC[C@H]1O. The van der Waals surface area contributed by atoms with Gasteiger partial charge in [0.2, 0.25) is 0 Å². The fraction of sp³-hybridized carbons (Fsp3) is 0.333. The molecule has 0 amide bonds. The Morgan fingerprint density at radius 3 is 2.68 bits per heavy atom. The predicted octanol–water partition coefficient (Wildman–Crippen LogP) is 0.678. The van der Waals surface area contributed by atoms with Gasteiger partial charge in [0, 0.05) is 29.9 Å². The topological polar surface area (TPSA) is 95.7 Å². The van der Waals surface area contributed by atoms with Crippen LogP contribution in [0.3, 0.4) is 0 Å². The minimum atomic E-state index is -1.22. The number of aliphatic hydroxyl groups excluding tert-OH is 3. The van der Waals surface area contributed by atoms with Gasteiger partial charge in [-0.2, -0.15) is 0 Å². The van der Waals surface area contributed by atoms with E-state index in [4.69, 9.17) is 4.74 Å². The van der Waals surface area contributed by atoms with E-state index in [0.717, 1.165) is 5.56 Å². The number of nitrogens with zero attached hydrogens (tertiary/aromatic N) is 2. The Labute approximate surface area is 131 Å². The summed E-state index contributed by atoms with van der Waals surface area (Å²) in [5.74, 6) is 0.793. The van der Waals surface area contributed by atoms with Crippen molar-refractivity contribution in [2.75, 3.05) is 5.75 Å². The van der Waals surface area contributed by atoms with Crippen LogP contribution in [0.15, 0.2) is 42.9 Å². The maximum Gasteiger partial charge on any atom is 0.173 e. The summed E-state index contributed by atoms with van der Waals surface area (Å²) in [4.78, 5) is 8.37. The molecule has 116 valence electrons. The van der Waals surface area contributed by atoms with E-state index < -0.39 is 23.7 Å². The monoisotopic (exact) mass is 320 g/mol. The predicted molar refractivity (Wildman–Crippen MR) is 82.4 cm³/mol. The van der Waals surface area contributed by atoms with Gasteiger partial charge in [-0.05, 0) is 24.3 Å². The Morgan fingerprint density at radius 1 is 1.09 bits per heavy atom. The van der Waals surface area contributed by atoms with E-state index in [1.165, 1.54) is 11.8 Å². The minimum absolute atomic E-state index is 0.297. The maximum absolute atomic E-state index is 10.0. The lowest BCUT2D eigenvalue weighted by Crippen LogP contribution is -2.50. The lowest BCUT2D eigenvalue weighted by molar-refractivity contribution is -0.0785. The molecule has 0 aromatic carbocycles. The van der Waals surface area contributed by atoms with Crippen LogP contribution in [0.2, 0.25) is 0 Å². The smallest absolute Gasteiger partial charge is 0.173 e. The third kappa shape index (κ3) is 3.07. The second-order valence-corrected chi connectivity index (χ2v) is 6.09. The fourth-order valence-electron chi connectivity index (χ4n) is 2.21. The number of pyridine rings is 2. The van der Waals surface area contributed by atoms with E-state index in [-0.39, 0.29) is 0 Å². The standard InChI is InChI=1S/C15H16N2O4S/c18-10-8-22-15(14(20)13(10)19)21-11-4-2-6-17-12(11)9-3-1-5-16-7-9/h1-7,10,13-15,18-20H,8H2/t10-,13+,14-,15-/m1/s1. The molecule has 0 radical (unpaired) electrons. The maximum atomic E-state index is 10.0. The average molecular weight is 320 g/mol. The van der Waals surface area contributed by atoms with E-state index in [9.17, 15) is 15.3 Å². The summed E-state index contributed by atoms with van der Waals surface area (Å²) in [6.07, 6.45) is 1.66. The lowest BCUT2D eigenvalue weighted by atomic mass is 10.1. The van der Waals surface area contributed by atoms with Crippen molar-refractivity contribution in [3.63, 3.8) is 0 Å². The Bertz CT molecular complexity index is 628. The molecule has 1 aliphatic heterocycles. The highest BCUT2D eigenvalue weighted by Crippen LogP contribution is 2.33. The summed E-state index contributed by atoms with van der Waals surface area (Å²) in [7, 11) is 0. The molecule has 22 heavy (non-hydrogen) atoms. The summed E-state index contributed by atoms with van der Waals surface area (Å²) in [5, 5.41) is 29.4. The van der Waals surface area contributed by atoms with Crippen molar-refractivity contribution in [3.8, 4) is 17.0 Å². The summed E-state index contributed by atoms with van der Waals surface area (Å²) >= 11 is 1.26. The Hall–Kier alpha value is -1.67. The third-order valence-corrected chi connectivity index (χ3v) is 4.64. The molecular formula is C15H16N2O4S. The van der Waals surface area contributed by atoms with Crippen LogP contribution >= 0.6 is 11.8 Å². The largest absolute Gasteiger partial charge is 0.475 e. The van der Waals surface area contributed by atoms with Crippen LogP contribution in [0, 0.1) is 0 Å². The van der Waals surface area contributed by atoms with E-state index in [0.29, 0.717) is 17.2 Å². The van der Waals surface area contributed by atoms with Crippen LogP contribution in [-0.4, -0.2) is 54.8 Å². The summed E-state index contributed by atoms with van der Waals surface area (Å²) in [6.45, 7) is 0. The van der Waals surface area contributed by atoms with Crippen LogP contribution in [0.4, 0.5) is 0 Å². The normalized spacial score (nSPS) is 28.3. The summed E-state index contributed by atoms with van der Waals surface area (Å²) in [5.41, 5.74) is 0.746. The average Bonchev–Trinajstić information content (AvgIpc) is 2.57. The molecular weight excluding hydrogens is 304 g/mol. The van der Waals surface area contributed by atoms with Gasteiger partial charge in [0.25, 0.3) is 0 Å². The lowest BCUT2D eigenvalue weighted by Gasteiger charge is -2.34. The number of ether oxygens (including phenoxy) is 1. The number of aliphatic hydroxyl groups is 3. The number of hydrogen-bond donors (Lipinski definition) is 3. The molecule has 0 unspecified atom stereocenters. The zero-order valence-electron chi connectivity index (χ0n) is 11.6. The molecule has 1 aliphatic rings. The van der Waals surface area contributed by atoms with Crippen molar-refractivity contribution >= 4 is 11.8 Å². The first-order chi connectivity index (χ1) is 10.7. The molecule has 7 heteroatoms. The van der Waals surface area contributed by atoms with Gasteiger partial charge in [0.15, 0.2) is 5.44 Å². The van der Waals surface area contributed by atoms with Crippen molar-refractivity contribution < 1.29 is 20.1 Å². The highest BCUT2D eigenvalue weighted by molar-refractivity contribution is 7.99. The zero-order valence-corrected chi connectivity index (χ0v) is 12.4.